The van der Waals surface area contributed by atoms with E-state index in [2.05, 4.69) is 39.1 Å². The van der Waals surface area contributed by atoms with Crippen molar-refractivity contribution in [3.63, 3.8) is 0 Å². The largest absolute Gasteiger partial charge is 0.310 e. The minimum atomic E-state index is 0.777. The highest BCUT2D eigenvalue weighted by Gasteiger charge is 2.17. The van der Waals surface area contributed by atoms with Gasteiger partial charge in [0.1, 0.15) is 0 Å². The Morgan fingerprint density at radius 3 is 2.06 bits per heavy atom. The van der Waals surface area contributed by atoms with Gasteiger partial charge in [0.2, 0.25) is 0 Å². The molecule has 16 heavy (non-hydrogen) atoms. The highest BCUT2D eigenvalue weighted by Crippen LogP contribution is 2.23. The Balaban J connectivity index is 2.17. The van der Waals surface area contributed by atoms with E-state index in [9.17, 15) is 0 Å². The van der Waals surface area contributed by atoms with E-state index in [1.54, 1.807) is 0 Å². The van der Waals surface area contributed by atoms with Gasteiger partial charge in [-0.2, -0.15) is 0 Å². The van der Waals surface area contributed by atoms with Gasteiger partial charge < -0.3 is 5.32 Å². The molecule has 0 heterocycles. The molecule has 1 fully saturated rings. The summed E-state index contributed by atoms with van der Waals surface area (Å²) in [5.41, 5.74) is 7.30. The summed E-state index contributed by atoms with van der Waals surface area (Å²) in [7, 11) is 0. The zero-order chi connectivity index (χ0) is 11.7. The third kappa shape index (κ3) is 2.15. The van der Waals surface area contributed by atoms with E-state index in [1.807, 2.05) is 0 Å². The second-order valence-corrected chi connectivity index (χ2v) is 5.25. The quantitative estimate of drug-likeness (QED) is 0.816. The second-order valence-electron chi connectivity index (χ2n) is 5.25. The molecule has 0 amide bonds. The van der Waals surface area contributed by atoms with Crippen LogP contribution in [0.4, 0.5) is 0 Å². The zero-order valence-corrected chi connectivity index (χ0v) is 11.0. The Morgan fingerprint density at radius 2 is 1.62 bits per heavy atom. The topological polar surface area (TPSA) is 12.0 Å². The van der Waals surface area contributed by atoms with E-state index in [0.29, 0.717) is 0 Å². The summed E-state index contributed by atoms with van der Waals surface area (Å²) < 4.78 is 0. The highest BCUT2D eigenvalue weighted by molar-refractivity contribution is 5.43. The molecule has 1 heteroatoms. The van der Waals surface area contributed by atoms with Crippen molar-refractivity contribution in [3.05, 3.63) is 33.9 Å². The minimum absolute atomic E-state index is 0.777. The van der Waals surface area contributed by atoms with Crippen molar-refractivity contribution in [2.75, 3.05) is 0 Å². The molecule has 1 aliphatic rings. The van der Waals surface area contributed by atoms with Crippen LogP contribution in [0.25, 0.3) is 0 Å². The molecule has 0 saturated heterocycles. The van der Waals surface area contributed by atoms with Gasteiger partial charge in [-0.05, 0) is 68.4 Å². The first-order valence-electron chi connectivity index (χ1n) is 6.39. The van der Waals surface area contributed by atoms with Crippen molar-refractivity contribution in [1.82, 2.24) is 5.32 Å². The van der Waals surface area contributed by atoms with Crippen LogP contribution in [0, 0.1) is 27.7 Å². The average molecular weight is 217 g/mol. The van der Waals surface area contributed by atoms with Gasteiger partial charge in [-0.1, -0.05) is 12.5 Å². The van der Waals surface area contributed by atoms with Gasteiger partial charge in [-0.25, -0.2) is 0 Å². The molecule has 1 aliphatic carbocycles. The van der Waals surface area contributed by atoms with E-state index in [-0.39, 0.29) is 0 Å². The lowest BCUT2D eigenvalue weighted by Gasteiger charge is -2.27. The molecular weight excluding hydrogens is 194 g/mol. The summed E-state index contributed by atoms with van der Waals surface area (Å²) in [6, 6.07) is 3.08. The van der Waals surface area contributed by atoms with E-state index in [1.165, 1.54) is 47.1 Å². The van der Waals surface area contributed by atoms with E-state index < -0.39 is 0 Å². The molecule has 0 aromatic heterocycles. The fraction of sp³-hybridized carbons (Fsp3) is 0.600. The molecule has 1 N–H and O–H groups in total. The van der Waals surface area contributed by atoms with Crippen LogP contribution in [0.1, 0.15) is 47.1 Å². The number of nitrogens with one attached hydrogen (secondary N) is 1. The zero-order valence-electron chi connectivity index (χ0n) is 11.0. The smallest absolute Gasteiger partial charge is 0.0213 e. The predicted octanol–water partition coefficient (Wildman–Crippen LogP) is 3.56. The molecule has 0 bridgehead atoms. The first-order chi connectivity index (χ1) is 7.59. The normalized spacial score (nSPS) is 16.2. The van der Waals surface area contributed by atoms with E-state index in [0.717, 1.165) is 12.6 Å². The summed E-state index contributed by atoms with van der Waals surface area (Å²) in [5.74, 6) is 0. The van der Waals surface area contributed by atoms with Crippen LogP contribution in [-0.2, 0) is 6.54 Å². The van der Waals surface area contributed by atoms with Crippen molar-refractivity contribution in [2.24, 2.45) is 0 Å². The molecule has 0 unspecified atom stereocenters. The molecule has 0 atom stereocenters. The van der Waals surface area contributed by atoms with Gasteiger partial charge in [-0.15, -0.1) is 0 Å². The molecule has 1 aromatic carbocycles. The Morgan fingerprint density at radius 1 is 1.06 bits per heavy atom. The minimum Gasteiger partial charge on any atom is -0.310 e. The summed E-state index contributed by atoms with van der Waals surface area (Å²) >= 11 is 0. The summed E-state index contributed by atoms with van der Waals surface area (Å²) in [6.45, 7) is 9.98. The number of aryl methyl sites for hydroxylation is 2. The van der Waals surface area contributed by atoms with Gasteiger partial charge in [0.15, 0.2) is 0 Å². The summed E-state index contributed by atoms with van der Waals surface area (Å²) in [5, 5.41) is 3.67. The lowest BCUT2D eigenvalue weighted by atomic mass is 9.91. The monoisotopic (exact) mass is 217 g/mol. The van der Waals surface area contributed by atoms with Gasteiger partial charge >= 0.3 is 0 Å². The fourth-order valence-electron chi connectivity index (χ4n) is 2.42. The van der Waals surface area contributed by atoms with Crippen molar-refractivity contribution >= 4 is 0 Å². The molecule has 0 spiro atoms. The Bertz CT molecular complexity index is 363. The van der Waals surface area contributed by atoms with E-state index in [4.69, 9.17) is 0 Å². The van der Waals surface area contributed by atoms with Crippen LogP contribution < -0.4 is 5.32 Å². The van der Waals surface area contributed by atoms with Gasteiger partial charge in [0, 0.05) is 12.6 Å². The Kier molecular flexibility index (Phi) is 3.34. The second kappa shape index (κ2) is 4.58. The van der Waals surface area contributed by atoms with Crippen LogP contribution in [0.15, 0.2) is 6.07 Å². The van der Waals surface area contributed by atoms with Gasteiger partial charge in [0.05, 0.1) is 0 Å². The predicted molar refractivity (Wildman–Crippen MR) is 69.9 cm³/mol. The van der Waals surface area contributed by atoms with Crippen LogP contribution in [0.3, 0.4) is 0 Å². The third-order valence-corrected chi connectivity index (χ3v) is 4.19. The number of benzene rings is 1. The van der Waals surface area contributed by atoms with E-state index >= 15 is 0 Å². The first kappa shape index (κ1) is 11.7. The molecule has 88 valence electrons. The SMILES string of the molecule is Cc1cc(C)c(C)c(CNC2CCC2)c1C. The van der Waals surface area contributed by atoms with Crippen molar-refractivity contribution in [2.45, 2.75) is 59.5 Å². The van der Waals surface area contributed by atoms with Gasteiger partial charge in [-0.3, -0.25) is 0 Å². The summed E-state index contributed by atoms with van der Waals surface area (Å²) in [6.07, 6.45) is 4.13. The van der Waals surface area contributed by atoms with Crippen molar-refractivity contribution in [1.29, 1.82) is 0 Å². The standard InChI is InChI=1S/C15H23N/c1-10-8-11(2)13(4)15(12(10)3)9-16-14-6-5-7-14/h8,14,16H,5-7,9H2,1-4H3. The average Bonchev–Trinajstić information content (AvgIpc) is 2.18. The molecular formula is C15H23N. The van der Waals surface area contributed by atoms with Crippen molar-refractivity contribution in [3.8, 4) is 0 Å². The lowest BCUT2D eigenvalue weighted by Crippen LogP contribution is -2.34. The molecule has 2 rings (SSSR count). The van der Waals surface area contributed by atoms with Crippen LogP contribution >= 0.6 is 0 Å². The highest BCUT2D eigenvalue weighted by atomic mass is 14.9. The van der Waals surface area contributed by atoms with Crippen LogP contribution in [0.5, 0.6) is 0 Å². The number of rotatable bonds is 3. The van der Waals surface area contributed by atoms with Crippen LogP contribution in [-0.4, -0.2) is 6.04 Å². The van der Waals surface area contributed by atoms with Crippen LogP contribution in [0.2, 0.25) is 0 Å². The molecule has 1 saturated carbocycles. The first-order valence-corrected chi connectivity index (χ1v) is 6.39. The maximum Gasteiger partial charge on any atom is 0.0213 e. The lowest BCUT2D eigenvalue weighted by molar-refractivity contribution is 0.338. The molecule has 0 aliphatic heterocycles. The fourth-order valence-corrected chi connectivity index (χ4v) is 2.42. The maximum atomic E-state index is 3.67. The molecule has 1 aromatic rings. The summed E-state index contributed by atoms with van der Waals surface area (Å²) in [4.78, 5) is 0. The Labute approximate surface area is 99.3 Å². The number of hydrogen-bond acceptors (Lipinski definition) is 1. The maximum absolute atomic E-state index is 3.67. The Hall–Kier alpha value is -0.820. The van der Waals surface area contributed by atoms with Crippen molar-refractivity contribution < 1.29 is 0 Å². The molecule has 0 radical (unpaired) electrons. The molecule has 1 nitrogen and oxygen atoms in total. The third-order valence-electron chi connectivity index (χ3n) is 4.19. The number of hydrogen-bond donors (Lipinski definition) is 1. The van der Waals surface area contributed by atoms with Gasteiger partial charge in [0.25, 0.3) is 0 Å².